The van der Waals surface area contributed by atoms with Crippen molar-refractivity contribution in [2.45, 2.75) is 76.5 Å². The lowest BCUT2D eigenvalue weighted by Gasteiger charge is -2.48. The van der Waals surface area contributed by atoms with Gasteiger partial charge in [-0.05, 0) is 51.0 Å². The maximum Gasteiger partial charge on any atom is 0.231 e. The summed E-state index contributed by atoms with van der Waals surface area (Å²) in [4.78, 5) is 31.9. The minimum Gasteiger partial charge on any atom is -0.487 e. The van der Waals surface area contributed by atoms with Crippen LogP contribution in [0.3, 0.4) is 0 Å². The monoisotopic (exact) mass is 424 g/mol. The molecule has 3 atom stereocenters. The number of hydrogen-bond acceptors (Lipinski definition) is 5. The van der Waals surface area contributed by atoms with Gasteiger partial charge >= 0.3 is 0 Å². The van der Waals surface area contributed by atoms with E-state index < -0.39 is 5.54 Å². The number of guanidine groups is 1. The van der Waals surface area contributed by atoms with E-state index in [-0.39, 0.29) is 40.7 Å². The van der Waals surface area contributed by atoms with Crippen molar-refractivity contribution in [3.8, 4) is 5.75 Å². The minimum absolute atomic E-state index is 0.0185. The number of amides is 2. The molecule has 2 saturated carbocycles. The predicted molar refractivity (Wildman–Crippen MR) is 117 cm³/mol. The predicted octanol–water partition coefficient (Wildman–Crippen LogP) is 2.90. The Morgan fingerprint density at radius 3 is 2.68 bits per heavy atom. The van der Waals surface area contributed by atoms with Crippen LogP contribution in [0.15, 0.2) is 29.3 Å². The Morgan fingerprint density at radius 1 is 1.26 bits per heavy atom. The SMILES string of the molecule is CC1(C)CC(=O)N(C[C@@]2(C)CC2C(=O)N[C@H]2CC3(CCC3)Oc3ccccc32)C(N)=N1. The summed E-state index contributed by atoms with van der Waals surface area (Å²) < 4.78 is 6.30. The molecule has 1 aromatic carbocycles. The van der Waals surface area contributed by atoms with Gasteiger partial charge in [0.2, 0.25) is 11.8 Å². The second-order valence-corrected chi connectivity index (χ2v) is 10.8. The van der Waals surface area contributed by atoms with Crippen LogP contribution in [-0.2, 0) is 9.59 Å². The first-order valence-electron chi connectivity index (χ1n) is 11.3. The van der Waals surface area contributed by atoms with E-state index in [0.717, 1.165) is 37.0 Å². The number of aliphatic imine (C=N–C) groups is 1. The van der Waals surface area contributed by atoms with Crippen LogP contribution in [0.5, 0.6) is 5.75 Å². The van der Waals surface area contributed by atoms with Crippen molar-refractivity contribution in [1.29, 1.82) is 0 Å². The van der Waals surface area contributed by atoms with E-state index in [9.17, 15) is 9.59 Å². The van der Waals surface area contributed by atoms with Crippen LogP contribution in [0.4, 0.5) is 0 Å². The largest absolute Gasteiger partial charge is 0.487 e. The van der Waals surface area contributed by atoms with Gasteiger partial charge in [-0.1, -0.05) is 25.1 Å². The molecule has 2 amide bonds. The number of nitrogens with zero attached hydrogens (tertiary/aromatic N) is 2. The zero-order valence-electron chi connectivity index (χ0n) is 18.6. The Balaban J connectivity index is 1.28. The van der Waals surface area contributed by atoms with Gasteiger partial charge in [0.15, 0.2) is 5.96 Å². The van der Waals surface area contributed by atoms with Crippen molar-refractivity contribution >= 4 is 17.8 Å². The first kappa shape index (κ1) is 20.3. The van der Waals surface area contributed by atoms with Crippen LogP contribution in [-0.4, -0.2) is 40.4 Å². The third-order valence-corrected chi connectivity index (χ3v) is 7.54. The van der Waals surface area contributed by atoms with Crippen molar-refractivity contribution in [2.75, 3.05) is 6.54 Å². The van der Waals surface area contributed by atoms with Gasteiger partial charge in [0.1, 0.15) is 11.4 Å². The van der Waals surface area contributed by atoms with E-state index in [1.807, 2.05) is 38.1 Å². The van der Waals surface area contributed by atoms with E-state index >= 15 is 0 Å². The first-order valence-corrected chi connectivity index (χ1v) is 11.3. The Kier molecular flexibility index (Phi) is 4.40. The summed E-state index contributed by atoms with van der Waals surface area (Å²) >= 11 is 0. The fraction of sp³-hybridized carbons (Fsp3) is 0.625. The maximum absolute atomic E-state index is 13.2. The van der Waals surface area contributed by atoms with E-state index in [2.05, 4.69) is 17.2 Å². The van der Waals surface area contributed by atoms with Crippen LogP contribution in [0, 0.1) is 11.3 Å². The van der Waals surface area contributed by atoms with Crippen molar-refractivity contribution in [2.24, 2.45) is 22.1 Å². The van der Waals surface area contributed by atoms with Gasteiger partial charge < -0.3 is 15.8 Å². The number of carbonyl (C=O) groups excluding carboxylic acids is 2. The lowest BCUT2D eigenvalue weighted by Crippen LogP contribution is -2.52. The van der Waals surface area contributed by atoms with Crippen LogP contribution < -0.4 is 15.8 Å². The molecule has 5 rings (SSSR count). The van der Waals surface area contributed by atoms with Gasteiger partial charge in [-0.25, -0.2) is 4.99 Å². The topological polar surface area (TPSA) is 97.0 Å². The highest BCUT2D eigenvalue weighted by Crippen LogP contribution is 2.54. The molecule has 2 aliphatic heterocycles. The van der Waals surface area contributed by atoms with Gasteiger partial charge in [0.05, 0.1) is 18.0 Å². The third kappa shape index (κ3) is 3.58. The van der Waals surface area contributed by atoms with Crippen LogP contribution in [0.2, 0.25) is 0 Å². The minimum atomic E-state index is -0.465. The molecule has 7 nitrogen and oxygen atoms in total. The summed E-state index contributed by atoms with van der Waals surface area (Å²) in [6, 6.07) is 7.99. The zero-order valence-corrected chi connectivity index (χ0v) is 18.6. The van der Waals surface area contributed by atoms with Gasteiger partial charge in [-0.2, -0.15) is 0 Å². The van der Waals surface area contributed by atoms with E-state index in [0.29, 0.717) is 13.0 Å². The molecule has 0 aromatic heterocycles. The molecule has 4 aliphatic rings. The highest BCUT2D eigenvalue weighted by atomic mass is 16.5. The van der Waals surface area contributed by atoms with Crippen LogP contribution in [0.1, 0.15) is 70.9 Å². The molecular weight excluding hydrogens is 392 g/mol. The lowest BCUT2D eigenvalue weighted by atomic mass is 9.73. The highest BCUT2D eigenvalue weighted by Gasteiger charge is 2.57. The first-order chi connectivity index (χ1) is 14.6. The lowest BCUT2D eigenvalue weighted by molar-refractivity contribution is -0.131. The molecule has 166 valence electrons. The number of rotatable bonds is 4. The number of nitrogens with one attached hydrogen (secondary N) is 1. The summed E-state index contributed by atoms with van der Waals surface area (Å²) in [6.07, 6.45) is 5.16. The summed E-state index contributed by atoms with van der Waals surface area (Å²) in [6.45, 7) is 6.31. The molecular formula is C24H32N4O3. The van der Waals surface area contributed by atoms with Gasteiger partial charge in [-0.3, -0.25) is 14.5 Å². The summed E-state index contributed by atoms with van der Waals surface area (Å²) in [5, 5.41) is 3.30. The van der Waals surface area contributed by atoms with E-state index in [1.54, 1.807) is 4.90 Å². The molecule has 1 spiro atoms. The number of fused-ring (bicyclic) bond motifs is 1. The summed E-state index contributed by atoms with van der Waals surface area (Å²) in [5.41, 5.74) is 6.28. The molecule has 2 fully saturated rings. The quantitative estimate of drug-likeness (QED) is 0.777. The van der Waals surface area contributed by atoms with Crippen LogP contribution >= 0.6 is 0 Å². The average Bonchev–Trinajstić information content (AvgIpc) is 3.34. The van der Waals surface area contributed by atoms with Crippen molar-refractivity contribution < 1.29 is 14.3 Å². The fourth-order valence-corrected chi connectivity index (χ4v) is 5.42. The number of nitrogens with two attached hydrogens (primary N) is 1. The fourth-order valence-electron chi connectivity index (χ4n) is 5.42. The second-order valence-electron chi connectivity index (χ2n) is 10.8. The zero-order chi connectivity index (χ0) is 22.0. The molecule has 7 heteroatoms. The highest BCUT2D eigenvalue weighted by molar-refractivity contribution is 5.99. The Labute approximate surface area is 183 Å². The normalized spacial score (nSPS) is 32.4. The molecule has 1 unspecified atom stereocenters. The van der Waals surface area contributed by atoms with Crippen LogP contribution in [0.25, 0.3) is 0 Å². The van der Waals surface area contributed by atoms with Gasteiger partial charge in [0, 0.05) is 24.4 Å². The van der Waals surface area contributed by atoms with E-state index in [4.69, 9.17) is 10.5 Å². The average molecular weight is 425 g/mol. The summed E-state index contributed by atoms with van der Waals surface area (Å²) in [5.74, 6) is 1.06. The molecule has 31 heavy (non-hydrogen) atoms. The maximum atomic E-state index is 13.2. The Bertz CT molecular complexity index is 967. The number of carbonyl (C=O) groups is 2. The summed E-state index contributed by atoms with van der Waals surface area (Å²) in [7, 11) is 0. The molecule has 3 N–H and O–H groups in total. The van der Waals surface area contributed by atoms with Gasteiger partial charge in [-0.15, -0.1) is 0 Å². The number of para-hydroxylation sites is 1. The van der Waals surface area contributed by atoms with Gasteiger partial charge in [0.25, 0.3) is 0 Å². The van der Waals surface area contributed by atoms with E-state index in [1.165, 1.54) is 6.42 Å². The number of benzene rings is 1. The Hall–Kier alpha value is -2.57. The Morgan fingerprint density at radius 2 is 2.00 bits per heavy atom. The molecule has 0 saturated heterocycles. The van der Waals surface area contributed by atoms with Crippen molar-refractivity contribution in [1.82, 2.24) is 10.2 Å². The second kappa shape index (κ2) is 6.71. The molecule has 1 aromatic rings. The molecule has 2 heterocycles. The molecule has 2 aliphatic carbocycles. The molecule has 0 radical (unpaired) electrons. The molecule has 0 bridgehead atoms. The smallest absolute Gasteiger partial charge is 0.231 e. The standard InChI is InChI=1S/C24H32N4O3/c1-22(2)13-19(29)28(21(25)27-22)14-23(3)11-16(23)20(30)26-17-12-24(9-6-10-24)31-18-8-5-4-7-15(17)18/h4-5,7-8,16-17H,6,9-14H2,1-3H3,(H2,25,27)(H,26,30)/t16?,17-,23+/m0/s1. The number of hydrogen-bond donors (Lipinski definition) is 2. The number of ether oxygens (including phenoxy) is 1. The van der Waals surface area contributed by atoms with Crippen molar-refractivity contribution in [3.05, 3.63) is 29.8 Å². The van der Waals surface area contributed by atoms with Crippen molar-refractivity contribution in [3.63, 3.8) is 0 Å². The third-order valence-electron chi connectivity index (χ3n) is 7.54.